The van der Waals surface area contributed by atoms with Gasteiger partial charge in [0.05, 0.1) is 19.6 Å². The quantitative estimate of drug-likeness (QED) is 0.814. The van der Waals surface area contributed by atoms with Gasteiger partial charge in [-0.2, -0.15) is 5.26 Å². The van der Waals surface area contributed by atoms with Gasteiger partial charge in [0, 0.05) is 16.6 Å². The number of methoxy groups -OCH3 is 1. The molecule has 1 heterocycles. The fourth-order valence-electron chi connectivity index (χ4n) is 1.36. The second-order valence-electron chi connectivity index (χ2n) is 3.20. The SMILES string of the molecule is COc1cccc(-c2ncc(CC#N)s2)c1. The molecule has 2 rings (SSSR count). The molecule has 0 fully saturated rings. The van der Waals surface area contributed by atoms with Gasteiger partial charge in [0.25, 0.3) is 0 Å². The molecule has 0 N–H and O–H groups in total. The molecule has 3 nitrogen and oxygen atoms in total. The Hall–Kier alpha value is -1.86. The van der Waals surface area contributed by atoms with Gasteiger partial charge in [-0.15, -0.1) is 11.3 Å². The summed E-state index contributed by atoms with van der Waals surface area (Å²) in [5.41, 5.74) is 1.02. The topological polar surface area (TPSA) is 45.9 Å². The van der Waals surface area contributed by atoms with Crippen LogP contribution in [0.2, 0.25) is 0 Å². The molecular formula is C12H10N2OS. The first-order valence-electron chi connectivity index (χ1n) is 4.79. The maximum Gasteiger partial charge on any atom is 0.123 e. The third-order valence-electron chi connectivity index (χ3n) is 2.12. The highest BCUT2D eigenvalue weighted by molar-refractivity contribution is 7.15. The zero-order valence-electron chi connectivity index (χ0n) is 8.80. The summed E-state index contributed by atoms with van der Waals surface area (Å²) in [5, 5.41) is 9.51. The monoisotopic (exact) mass is 230 g/mol. The molecule has 0 saturated carbocycles. The predicted octanol–water partition coefficient (Wildman–Crippen LogP) is 2.88. The molecule has 80 valence electrons. The molecule has 2 aromatic rings. The van der Waals surface area contributed by atoms with Crippen molar-refractivity contribution in [2.24, 2.45) is 0 Å². The third-order valence-corrected chi connectivity index (χ3v) is 3.17. The molecule has 0 aliphatic rings. The number of hydrogen-bond acceptors (Lipinski definition) is 4. The number of aromatic nitrogens is 1. The normalized spacial score (nSPS) is 9.75. The molecular weight excluding hydrogens is 220 g/mol. The number of hydrogen-bond donors (Lipinski definition) is 0. The van der Waals surface area contributed by atoms with Crippen LogP contribution in [-0.4, -0.2) is 12.1 Å². The molecule has 1 aromatic heterocycles. The highest BCUT2D eigenvalue weighted by Gasteiger charge is 2.05. The maximum absolute atomic E-state index is 8.59. The van der Waals surface area contributed by atoms with E-state index in [0.29, 0.717) is 6.42 Å². The van der Waals surface area contributed by atoms with E-state index in [0.717, 1.165) is 21.2 Å². The van der Waals surface area contributed by atoms with Crippen LogP contribution in [0.5, 0.6) is 5.75 Å². The molecule has 0 spiro atoms. The van der Waals surface area contributed by atoms with Gasteiger partial charge in [-0.05, 0) is 12.1 Å². The second kappa shape index (κ2) is 4.77. The van der Waals surface area contributed by atoms with E-state index in [4.69, 9.17) is 10.00 Å². The van der Waals surface area contributed by atoms with Crippen LogP contribution in [0.4, 0.5) is 0 Å². The van der Waals surface area contributed by atoms with Gasteiger partial charge < -0.3 is 4.74 Å². The molecule has 0 atom stereocenters. The van der Waals surface area contributed by atoms with E-state index in [9.17, 15) is 0 Å². The van der Waals surface area contributed by atoms with Crippen LogP contribution in [0.1, 0.15) is 4.88 Å². The van der Waals surface area contributed by atoms with E-state index in [1.165, 1.54) is 0 Å². The molecule has 0 aliphatic carbocycles. The van der Waals surface area contributed by atoms with Crippen molar-refractivity contribution in [3.63, 3.8) is 0 Å². The summed E-state index contributed by atoms with van der Waals surface area (Å²) in [5.74, 6) is 0.814. The number of nitrogens with zero attached hydrogens (tertiary/aromatic N) is 2. The number of thiazole rings is 1. The highest BCUT2D eigenvalue weighted by atomic mass is 32.1. The van der Waals surface area contributed by atoms with Gasteiger partial charge in [0.15, 0.2) is 0 Å². The molecule has 0 saturated heterocycles. The van der Waals surface area contributed by atoms with Gasteiger partial charge in [0.2, 0.25) is 0 Å². The second-order valence-corrected chi connectivity index (χ2v) is 4.31. The first-order chi connectivity index (χ1) is 7.83. The number of nitriles is 1. The predicted molar refractivity (Wildman–Crippen MR) is 63.4 cm³/mol. The zero-order chi connectivity index (χ0) is 11.4. The van der Waals surface area contributed by atoms with E-state index < -0.39 is 0 Å². The van der Waals surface area contributed by atoms with E-state index in [1.54, 1.807) is 24.6 Å². The zero-order valence-corrected chi connectivity index (χ0v) is 9.62. The summed E-state index contributed by atoms with van der Waals surface area (Å²) in [6, 6.07) is 9.87. The highest BCUT2D eigenvalue weighted by Crippen LogP contribution is 2.27. The van der Waals surface area contributed by atoms with Crippen molar-refractivity contribution in [3.8, 4) is 22.4 Å². The van der Waals surface area contributed by atoms with Crippen molar-refractivity contribution in [1.82, 2.24) is 4.98 Å². The van der Waals surface area contributed by atoms with Gasteiger partial charge >= 0.3 is 0 Å². The Bertz CT molecular complexity index is 528. The number of ether oxygens (including phenoxy) is 1. The molecule has 1 aromatic carbocycles. The Morgan fingerprint density at radius 3 is 3.12 bits per heavy atom. The first kappa shape index (κ1) is 10.7. The number of benzene rings is 1. The average molecular weight is 230 g/mol. The van der Waals surface area contributed by atoms with Crippen LogP contribution in [-0.2, 0) is 6.42 Å². The van der Waals surface area contributed by atoms with Crippen LogP contribution in [0.15, 0.2) is 30.5 Å². The van der Waals surface area contributed by atoms with Gasteiger partial charge in [-0.25, -0.2) is 4.98 Å². The minimum absolute atomic E-state index is 0.418. The summed E-state index contributed by atoms with van der Waals surface area (Å²) in [6.07, 6.45) is 2.17. The molecule has 0 unspecified atom stereocenters. The van der Waals surface area contributed by atoms with Crippen molar-refractivity contribution in [2.45, 2.75) is 6.42 Å². The smallest absolute Gasteiger partial charge is 0.123 e. The summed E-state index contributed by atoms with van der Waals surface area (Å²) < 4.78 is 5.16. The Morgan fingerprint density at radius 2 is 2.38 bits per heavy atom. The van der Waals surface area contributed by atoms with Crippen molar-refractivity contribution < 1.29 is 4.74 Å². The summed E-state index contributed by atoms with van der Waals surface area (Å²) in [4.78, 5) is 5.28. The van der Waals surface area contributed by atoms with E-state index in [-0.39, 0.29) is 0 Å². The summed E-state index contributed by atoms with van der Waals surface area (Å²) >= 11 is 1.54. The Balaban J connectivity index is 2.31. The fourth-order valence-corrected chi connectivity index (χ4v) is 2.20. The van der Waals surface area contributed by atoms with Crippen LogP contribution in [0.3, 0.4) is 0 Å². The molecule has 0 aliphatic heterocycles. The van der Waals surface area contributed by atoms with Crippen LogP contribution < -0.4 is 4.74 Å². The lowest BCUT2D eigenvalue weighted by atomic mass is 10.2. The van der Waals surface area contributed by atoms with Crippen molar-refractivity contribution in [1.29, 1.82) is 5.26 Å². The Kier molecular flexibility index (Phi) is 3.18. The Labute approximate surface area is 97.9 Å². The summed E-state index contributed by atoms with van der Waals surface area (Å²) in [7, 11) is 1.64. The third kappa shape index (κ3) is 2.20. The average Bonchev–Trinajstić information content (AvgIpc) is 2.78. The minimum atomic E-state index is 0.418. The molecule has 0 bridgehead atoms. The lowest BCUT2D eigenvalue weighted by Gasteiger charge is -2.00. The van der Waals surface area contributed by atoms with E-state index >= 15 is 0 Å². The number of rotatable bonds is 3. The van der Waals surface area contributed by atoms with Gasteiger partial charge in [-0.1, -0.05) is 12.1 Å². The fraction of sp³-hybridized carbons (Fsp3) is 0.167. The van der Waals surface area contributed by atoms with Crippen molar-refractivity contribution in [2.75, 3.05) is 7.11 Å². The van der Waals surface area contributed by atoms with Gasteiger partial charge in [-0.3, -0.25) is 0 Å². The van der Waals surface area contributed by atoms with Crippen LogP contribution >= 0.6 is 11.3 Å². The van der Waals surface area contributed by atoms with Gasteiger partial charge in [0.1, 0.15) is 10.8 Å². The molecule has 0 radical (unpaired) electrons. The van der Waals surface area contributed by atoms with E-state index in [2.05, 4.69) is 11.1 Å². The minimum Gasteiger partial charge on any atom is -0.497 e. The first-order valence-corrected chi connectivity index (χ1v) is 5.61. The Morgan fingerprint density at radius 1 is 1.50 bits per heavy atom. The van der Waals surface area contributed by atoms with Crippen molar-refractivity contribution >= 4 is 11.3 Å². The molecule has 16 heavy (non-hydrogen) atoms. The van der Waals surface area contributed by atoms with Crippen LogP contribution in [0, 0.1) is 11.3 Å². The van der Waals surface area contributed by atoms with Crippen molar-refractivity contribution in [3.05, 3.63) is 35.3 Å². The lowest BCUT2D eigenvalue weighted by molar-refractivity contribution is 0.415. The largest absolute Gasteiger partial charge is 0.497 e. The van der Waals surface area contributed by atoms with E-state index in [1.807, 2.05) is 24.3 Å². The summed E-state index contributed by atoms with van der Waals surface area (Å²) in [6.45, 7) is 0. The molecule has 4 heteroatoms. The standard InChI is InChI=1S/C12H10N2OS/c1-15-10-4-2-3-9(7-10)12-14-8-11(16-12)5-6-13/h2-4,7-8H,5H2,1H3. The van der Waals surface area contributed by atoms with Crippen LogP contribution in [0.25, 0.3) is 10.6 Å². The maximum atomic E-state index is 8.59. The lowest BCUT2D eigenvalue weighted by Crippen LogP contribution is -1.82. The molecule has 0 amide bonds.